The first-order valence-corrected chi connectivity index (χ1v) is 7.29. The summed E-state index contributed by atoms with van der Waals surface area (Å²) in [4.78, 5) is 14.1. The molecule has 0 radical (unpaired) electrons. The van der Waals surface area contributed by atoms with Crippen LogP contribution in [0.2, 0.25) is 5.02 Å². The van der Waals surface area contributed by atoms with E-state index in [9.17, 15) is 9.18 Å². The molecule has 0 N–H and O–H groups in total. The van der Waals surface area contributed by atoms with E-state index >= 15 is 0 Å². The highest BCUT2D eigenvalue weighted by atomic mass is 35.5. The molecule has 1 amide bonds. The van der Waals surface area contributed by atoms with Crippen LogP contribution >= 0.6 is 11.6 Å². The maximum absolute atomic E-state index is 13.5. The minimum Gasteiger partial charge on any atom is -0.311 e. The molecule has 0 aliphatic heterocycles. The van der Waals surface area contributed by atoms with E-state index in [1.807, 2.05) is 27.7 Å². The molecule has 0 aliphatic carbocycles. The van der Waals surface area contributed by atoms with Gasteiger partial charge in [-0.3, -0.25) is 4.79 Å². The smallest absolute Gasteiger partial charge is 0.227 e. The van der Waals surface area contributed by atoms with Gasteiger partial charge in [0, 0.05) is 13.0 Å². The summed E-state index contributed by atoms with van der Waals surface area (Å²) in [5.74, 6) is -0.328. The molecule has 0 bridgehead atoms. The van der Waals surface area contributed by atoms with Crippen molar-refractivity contribution >= 4 is 23.2 Å². The van der Waals surface area contributed by atoms with Crippen LogP contribution < -0.4 is 4.90 Å². The van der Waals surface area contributed by atoms with Crippen LogP contribution in [0.4, 0.5) is 10.1 Å². The molecule has 0 saturated carbocycles. The van der Waals surface area contributed by atoms with Gasteiger partial charge in [-0.1, -0.05) is 39.3 Å². The van der Waals surface area contributed by atoms with E-state index in [4.69, 9.17) is 11.6 Å². The number of nitrogens with zero attached hydrogens (tertiary/aromatic N) is 1. The zero-order valence-electron chi connectivity index (χ0n) is 12.9. The van der Waals surface area contributed by atoms with Crippen LogP contribution in [0.15, 0.2) is 12.1 Å². The Bertz CT molecular complexity index is 494. The van der Waals surface area contributed by atoms with Gasteiger partial charge in [-0.15, -0.1) is 0 Å². The van der Waals surface area contributed by atoms with Gasteiger partial charge in [0.25, 0.3) is 0 Å². The first-order valence-electron chi connectivity index (χ1n) is 6.91. The first-order chi connectivity index (χ1) is 9.15. The van der Waals surface area contributed by atoms with Crippen molar-refractivity contribution < 1.29 is 9.18 Å². The number of hydrogen-bond acceptors (Lipinski definition) is 1. The van der Waals surface area contributed by atoms with Gasteiger partial charge in [-0.05, 0) is 36.5 Å². The van der Waals surface area contributed by atoms with Crippen molar-refractivity contribution in [1.29, 1.82) is 0 Å². The molecular weight excluding hydrogens is 277 g/mol. The van der Waals surface area contributed by atoms with Gasteiger partial charge in [0.2, 0.25) is 5.91 Å². The third-order valence-electron chi connectivity index (χ3n) is 2.95. The lowest BCUT2D eigenvalue weighted by atomic mass is 9.91. The second kappa shape index (κ2) is 6.57. The average Bonchev–Trinajstić information content (AvgIpc) is 2.29. The molecule has 0 unspecified atom stereocenters. The quantitative estimate of drug-likeness (QED) is 0.769. The lowest BCUT2D eigenvalue weighted by Crippen LogP contribution is -2.34. The summed E-state index contributed by atoms with van der Waals surface area (Å²) >= 11 is 6.11. The van der Waals surface area contributed by atoms with Gasteiger partial charge in [0.15, 0.2) is 0 Å². The minimum atomic E-state index is -0.349. The van der Waals surface area contributed by atoms with Crippen molar-refractivity contribution in [2.75, 3.05) is 11.4 Å². The SMILES string of the molecule is CCCN(C(=O)CC(C)(C)C)c1cc(C)c(F)cc1Cl. The lowest BCUT2D eigenvalue weighted by Gasteiger charge is -2.27. The summed E-state index contributed by atoms with van der Waals surface area (Å²) in [6, 6.07) is 2.92. The summed E-state index contributed by atoms with van der Waals surface area (Å²) in [6.45, 7) is 10.3. The van der Waals surface area contributed by atoms with Crippen molar-refractivity contribution in [3.8, 4) is 0 Å². The number of rotatable bonds is 4. The van der Waals surface area contributed by atoms with E-state index in [1.165, 1.54) is 6.07 Å². The summed E-state index contributed by atoms with van der Waals surface area (Å²) in [5.41, 5.74) is 1.00. The van der Waals surface area contributed by atoms with Crippen molar-refractivity contribution in [3.63, 3.8) is 0 Å². The fraction of sp³-hybridized carbons (Fsp3) is 0.562. The molecule has 0 saturated heterocycles. The summed E-state index contributed by atoms with van der Waals surface area (Å²) in [7, 11) is 0. The maximum atomic E-state index is 13.5. The molecule has 1 aromatic carbocycles. The first kappa shape index (κ1) is 17.0. The van der Waals surface area contributed by atoms with Crippen molar-refractivity contribution in [3.05, 3.63) is 28.5 Å². The van der Waals surface area contributed by atoms with E-state index in [0.29, 0.717) is 24.2 Å². The minimum absolute atomic E-state index is 0.0206. The van der Waals surface area contributed by atoms with E-state index in [2.05, 4.69) is 0 Å². The Morgan fingerprint density at radius 3 is 2.45 bits per heavy atom. The third-order valence-corrected chi connectivity index (χ3v) is 3.25. The number of amides is 1. The van der Waals surface area contributed by atoms with Crippen LogP contribution in [0.3, 0.4) is 0 Å². The third kappa shape index (κ3) is 4.48. The molecule has 1 aromatic rings. The Morgan fingerprint density at radius 1 is 1.35 bits per heavy atom. The number of halogens is 2. The van der Waals surface area contributed by atoms with Crippen molar-refractivity contribution in [2.45, 2.75) is 47.5 Å². The molecule has 1 rings (SSSR count). The van der Waals surface area contributed by atoms with Crippen LogP contribution in [0.1, 0.15) is 46.1 Å². The van der Waals surface area contributed by atoms with E-state index < -0.39 is 0 Å². The zero-order valence-corrected chi connectivity index (χ0v) is 13.6. The maximum Gasteiger partial charge on any atom is 0.227 e. The van der Waals surface area contributed by atoms with E-state index in [1.54, 1.807) is 17.9 Å². The molecule has 0 fully saturated rings. The van der Waals surface area contributed by atoms with Crippen molar-refractivity contribution in [1.82, 2.24) is 0 Å². The van der Waals surface area contributed by atoms with Crippen molar-refractivity contribution in [2.24, 2.45) is 5.41 Å². The van der Waals surface area contributed by atoms with E-state index in [0.717, 1.165) is 6.42 Å². The highest BCUT2D eigenvalue weighted by Crippen LogP contribution is 2.31. The van der Waals surface area contributed by atoms with Gasteiger partial charge in [0.1, 0.15) is 5.82 Å². The van der Waals surface area contributed by atoms with Crippen LogP contribution in [0.5, 0.6) is 0 Å². The Kier molecular flexibility index (Phi) is 5.58. The fourth-order valence-corrected chi connectivity index (χ4v) is 2.25. The number of carbonyl (C=O) groups is 1. The number of aryl methyl sites for hydroxylation is 1. The molecule has 0 spiro atoms. The Labute approximate surface area is 125 Å². The fourth-order valence-electron chi connectivity index (χ4n) is 2.00. The van der Waals surface area contributed by atoms with E-state index in [-0.39, 0.29) is 22.2 Å². The van der Waals surface area contributed by atoms with Gasteiger partial charge in [0.05, 0.1) is 10.7 Å². The molecule has 0 aliphatic rings. The van der Waals surface area contributed by atoms with Crippen LogP contribution in [-0.4, -0.2) is 12.5 Å². The van der Waals surface area contributed by atoms with Gasteiger partial charge in [-0.25, -0.2) is 4.39 Å². The molecular formula is C16H23ClFNO. The number of benzene rings is 1. The van der Waals surface area contributed by atoms with Crippen LogP contribution in [0, 0.1) is 18.2 Å². The van der Waals surface area contributed by atoms with Gasteiger partial charge < -0.3 is 4.90 Å². The highest BCUT2D eigenvalue weighted by molar-refractivity contribution is 6.33. The molecule has 112 valence electrons. The normalized spacial score (nSPS) is 11.6. The molecule has 4 heteroatoms. The Hall–Kier alpha value is -1.09. The summed E-state index contributed by atoms with van der Waals surface area (Å²) in [6.07, 6.45) is 1.25. The van der Waals surface area contributed by atoms with Crippen LogP contribution in [-0.2, 0) is 4.79 Å². The molecule has 2 nitrogen and oxygen atoms in total. The second-order valence-electron chi connectivity index (χ2n) is 6.34. The molecule has 20 heavy (non-hydrogen) atoms. The molecule has 0 aromatic heterocycles. The predicted octanol–water partition coefficient (Wildman–Crippen LogP) is 4.97. The Morgan fingerprint density at radius 2 is 1.95 bits per heavy atom. The number of hydrogen-bond donors (Lipinski definition) is 0. The topological polar surface area (TPSA) is 20.3 Å². The second-order valence-corrected chi connectivity index (χ2v) is 6.74. The number of anilines is 1. The molecule has 0 heterocycles. The monoisotopic (exact) mass is 299 g/mol. The standard InChI is InChI=1S/C16H23ClFNO/c1-6-7-19(15(20)10-16(3,4)5)14-8-11(2)13(18)9-12(14)17/h8-9H,6-7,10H2,1-5H3. The number of carbonyl (C=O) groups excluding carboxylic acids is 1. The predicted molar refractivity (Wildman–Crippen MR) is 82.9 cm³/mol. The zero-order chi connectivity index (χ0) is 15.5. The largest absolute Gasteiger partial charge is 0.311 e. The van der Waals surface area contributed by atoms with Gasteiger partial charge in [-0.2, -0.15) is 0 Å². The lowest BCUT2D eigenvalue weighted by molar-refractivity contribution is -0.120. The summed E-state index contributed by atoms with van der Waals surface area (Å²) in [5, 5.41) is 0.281. The molecule has 0 atom stereocenters. The highest BCUT2D eigenvalue weighted by Gasteiger charge is 2.23. The summed E-state index contributed by atoms with van der Waals surface area (Å²) < 4.78 is 13.5. The van der Waals surface area contributed by atoms with Gasteiger partial charge >= 0.3 is 0 Å². The Balaban J connectivity index is 3.14. The van der Waals surface area contributed by atoms with Crippen LogP contribution in [0.25, 0.3) is 0 Å². The average molecular weight is 300 g/mol.